The van der Waals surface area contributed by atoms with Crippen LogP contribution in [0.25, 0.3) is 21.9 Å². The van der Waals surface area contributed by atoms with Crippen molar-refractivity contribution in [2.45, 2.75) is 26.9 Å². The van der Waals surface area contributed by atoms with Crippen molar-refractivity contribution in [1.82, 2.24) is 4.90 Å². The van der Waals surface area contributed by atoms with E-state index >= 15 is 0 Å². The van der Waals surface area contributed by atoms with E-state index < -0.39 is 0 Å². The van der Waals surface area contributed by atoms with Gasteiger partial charge in [0.1, 0.15) is 11.7 Å². The monoisotopic (exact) mass is 346 g/mol. The fourth-order valence-electron chi connectivity index (χ4n) is 3.68. The molecule has 2 heterocycles. The molecule has 0 amide bonds. The maximum Gasteiger partial charge on any atom is 0.177 e. The van der Waals surface area contributed by atoms with Crippen LogP contribution in [-0.2, 0) is 0 Å². The molecule has 26 heavy (non-hydrogen) atoms. The number of hydrogen-bond acceptors (Lipinski definition) is 5. The van der Waals surface area contributed by atoms with Gasteiger partial charge >= 0.3 is 0 Å². The van der Waals surface area contributed by atoms with Gasteiger partial charge in [-0.05, 0) is 39.1 Å². The van der Waals surface area contributed by atoms with E-state index in [1.54, 1.807) is 6.21 Å². The molecule has 0 bridgehead atoms. The van der Waals surface area contributed by atoms with Crippen molar-refractivity contribution >= 4 is 40.6 Å². The van der Waals surface area contributed by atoms with E-state index in [0.717, 1.165) is 44.8 Å². The van der Waals surface area contributed by atoms with Crippen molar-refractivity contribution in [3.05, 3.63) is 53.6 Å². The minimum Gasteiger partial charge on any atom is -0.454 e. The summed E-state index contributed by atoms with van der Waals surface area (Å²) in [6.07, 6.45) is 1.83. The maximum absolute atomic E-state index is 6.27. The van der Waals surface area contributed by atoms with Crippen molar-refractivity contribution in [2.75, 3.05) is 11.9 Å². The normalized spacial score (nSPS) is 18.1. The molecule has 0 spiro atoms. The zero-order valence-corrected chi connectivity index (χ0v) is 15.5. The summed E-state index contributed by atoms with van der Waals surface area (Å²) in [6.45, 7) is 9.92. The molecule has 3 aromatic rings. The summed E-state index contributed by atoms with van der Waals surface area (Å²) in [7, 11) is 2.02. The first-order valence-electron chi connectivity index (χ1n) is 8.71. The first-order valence-corrected chi connectivity index (χ1v) is 8.71. The molecule has 0 fully saturated rings. The van der Waals surface area contributed by atoms with Crippen LogP contribution < -0.4 is 4.90 Å². The van der Waals surface area contributed by atoms with Gasteiger partial charge in [-0.1, -0.05) is 30.3 Å². The standard InChI is InChI=1S/C21H22N4O/c1-6-23-21-20(22-4)25(14(3)24(21)5)18-13(2)11-12-16-15-9-7-8-10-17(15)26-19(16)18/h6-12,14H,4H2,1-3,5H3/b23-6-/t14-/m0/s1. The lowest BCUT2D eigenvalue weighted by Crippen LogP contribution is -2.36. The molecule has 0 saturated carbocycles. The summed E-state index contributed by atoms with van der Waals surface area (Å²) in [5.74, 6) is 1.55. The number of para-hydroxylation sites is 1. The average Bonchev–Trinajstić information content (AvgIpc) is 3.12. The molecule has 4 rings (SSSR count). The van der Waals surface area contributed by atoms with Crippen LogP contribution in [0.15, 0.2) is 62.4 Å². The zero-order chi connectivity index (χ0) is 18.4. The van der Waals surface area contributed by atoms with E-state index in [-0.39, 0.29) is 6.17 Å². The molecule has 2 aromatic carbocycles. The lowest BCUT2D eigenvalue weighted by Gasteiger charge is -2.29. The summed E-state index contributed by atoms with van der Waals surface area (Å²) >= 11 is 0. The Labute approximate surface area is 152 Å². The van der Waals surface area contributed by atoms with Gasteiger partial charge in [-0.2, -0.15) is 0 Å². The zero-order valence-electron chi connectivity index (χ0n) is 15.5. The SMILES string of the molecule is C=NC1=C(/N=C\C)N(C)[C@H](C)N1c1c(C)ccc2c1oc1ccccc12. The highest BCUT2D eigenvalue weighted by Gasteiger charge is 2.36. The Morgan fingerprint density at radius 2 is 1.88 bits per heavy atom. The Morgan fingerprint density at radius 1 is 1.12 bits per heavy atom. The third-order valence-electron chi connectivity index (χ3n) is 5.06. The van der Waals surface area contributed by atoms with Crippen LogP contribution in [0.3, 0.4) is 0 Å². The smallest absolute Gasteiger partial charge is 0.177 e. The predicted octanol–water partition coefficient (Wildman–Crippen LogP) is 4.91. The van der Waals surface area contributed by atoms with Crippen LogP contribution in [0.1, 0.15) is 19.4 Å². The molecule has 1 aliphatic heterocycles. The quantitative estimate of drug-likeness (QED) is 0.633. The number of hydrogen-bond donors (Lipinski definition) is 0. The highest BCUT2D eigenvalue weighted by Crippen LogP contribution is 2.42. The number of nitrogens with zero attached hydrogens (tertiary/aromatic N) is 4. The lowest BCUT2D eigenvalue weighted by atomic mass is 10.1. The lowest BCUT2D eigenvalue weighted by molar-refractivity contribution is 0.354. The molecule has 1 aromatic heterocycles. The topological polar surface area (TPSA) is 44.3 Å². The highest BCUT2D eigenvalue weighted by molar-refractivity contribution is 6.09. The van der Waals surface area contributed by atoms with E-state index in [1.165, 1.54) is 0 Å². The van der Waals surface area contributed by atoms with Crippen LogP contribution in [0.4, 0.5) is 5.69 Å². The van der Waals surface area contributed by atoms with Crippen LogP contribution >= 0.6 is 0 Å². The Bertz CT molecular complexity index is 1080. The Hall–Kier alpha value is -3.08. The minimum absolute atomic E-state index is 0.0479. The first kappa shape index (κ1) is 16.4. The third kappa shape index (κ3) is 2.17. The summed E-state index contributed by atoms with van der Waals surface area (Å²) in [5, 5.41) is 2.22. The van der Waals surface area contributed by atoms with Crippen molar-refractivity contribution in [2.24, 2.45) is 9.98 Å². The third-order valence-corrected chi connectivity index (χ3v) is 5.06. The van der Waals surface area contributed by atoms with Gasteiger partial charge in [-0.3, -0.25) is 4.90 Å². The molecule has 1 aliphatic rings. The maximum atomic E-state index is 6.27. The highest BCUT2D eigenvalue weighted by atomic mass is 16.3. The second-order valence-corrected chi connectivity index (χ2v) is 6.51. The van der Waals surface area contributed by atoms with Crippen LogP contribution in [0.5, 0.6) is 0 Å². The first-order chi connectivity index (χ1) is 12.6. The molecule has 132 valence electrons. The summed E-state index contributed by atoms with van der Waals surface area (Å²) in [4.78, 5) is 13.1. The van der Waals surface area contributed by atoms with Gasteiger partial charge < -0.3 is 9.32 Å². The molecular weight excluding hydrogens is 324 g/mol. The molecule has 5 heteroatoms. The number of rotatable bonds is 3. The molecular formula is C21H22N4O. The fourth-order valence-corrected chi connectivity index (χ4v) is 3.68. The van der Waals surface area contributed by atoms with Crippen molar-refractivity contribution < 1.29 is 4.42 Å². The van der Waals surface area contributed by atoms with E-state index in [0.29, 0.717) is 0 Å². The van der Waals surface area contributed by atoms with E-state index in [2.05, 4.69) is 58.5 Å². The summed E-state index contributed by atoms with van der Waals surface area (Å²) in [6, 6.07) is 12.4. The molecule has 0 radical (unpaired) electrons. The minimum atomic E-state index is 0.0479. The van der Waals surface area contributed by atoms with Crippen LogP contribution in [0.2, 0.25) is 0 Å². The van der Waals surface area contributed by atoms with Gasteiger partial charge in [0.25, 0.3) is 0 Å². The van der Waals surface area contributed by atoms with Crippen LogP contribution in [0, 0.1) is 6.92 Å². The van der Waals surface area contributed by atoms with Crippen molar-refractivity contribution in [3.63, 3.8) is 0 Å². The van der Waals surface area contributed by atoms with E-state index in [4.69, 9.17) is 4.42 Å². The van der Waals surface area contributed by atoms with Gasteiger partial charge in [-0.25, -0.2) is 9.98 Å². The Balaban J connectivity index is 2.04. The van der Waals surface area contributed by atoms with Gasteiger partial charge in [-0.15, -0.1) is 0 Å². The van der Waals surface area contributed by atoms with Crippen LogP contribution in [-0.4, -0.2) is 31.0 Å². The Morgan fingerprint density at radius 3 is 2.62 bits per heavy atom. The number of furan rings is 1. The number of benzene rings is 2. The average molecular weight is 346 g/mol. The van der Waals surface area contributed by atoms with Crippen molar-refractivity contribution in [1.29, 1.82) is 0 Å². The largest absolute Gasteiger partial charge is 0.454 e. The molecule has 0 aliphatic carbocycles. The van der Waals surface area contributed by atoms with Gasteiger partial charge in [0.05, 0.1) is 5.69 Å². The Kier molecular flexibility index (Phi) is 3.80. The number of aliphatic imine (C=N–C) groups is 2. The van der Waals surface area contributed by atoms with Gasteiger partial charge in [0.2, 0.25) is 0 Å². The molecule has 0 N–H and O–H groups in total. The summed E-state index contributed by atoms with van der Waals surface area (Å²) in [5.41, 5.74) is 3.90. The summed E-state index contributed by atoms with van der Waals surface area (Å²) < 4.78 is 6.27. The molecule has 5 nitrogen and oxygen atoms in total. The number of fused-ring (bicyclic) bond motifs is 3. The fraction of sp³-hybridized carbons (Fsp3) is 0.238. The number of aryl methyl sites for hydroxylation is 1. The molecule has 0 saturated heterocycles. The predicted molar refractivity (Wildman–Crippen MR) is 109 cm³/mol. The van der Waals surface area contributed by atoms with Gasteiger partial charge in [0, 0.05) is 24.0 Å². The molecule has 0 unspecified atom stereocenters. The second-order valence-electron chi connectivity index (χ2n) is 6.51. The molecule has 1 atom stereocenters. The number of anilines is 1. The van der Waals surface area contributed by atoms with E-state index in [9.17, 15) is 0 Å². The van der Waals surface area contributed by atoms with E-state index in [1.807, 2.05) is 32.2 Å². The van der Waals surface area contributed by atoms with Crippen molar-refractivity contribution in [3.8, 4) is 0 Å². The second kappa shape index (κ2) is 6.02. The van der Waals surface area contributed by atoms with Gasteiger partial charge in [0.15, 0.2) is 17.2 Å².